The molecule has 2 aromatic rings. The van der Waals surface area contributed by atoms with Crippen LogP contribution >= 0.6 is 24.0 Å². The molecule has 0 bridgehead atoms. The Hall–Kier alpha value is -1.57. The van der Waals surface area contributed by atoms with Gasteiger partial charge in [0.05, 0.1) is 12.2 Å². The number of hydrogen-bond donors (Lipinski definition) is 2. The van der Waals surface area contributed by atoms with Crippen molar-refractivity contribution in [3.8, 4) is 0 Å². The first-order valence-corrected chi connectivity index (χ1v) is 7.13. The standard InChI is InChI=1S/C16H22N4O.HI/c1-12(2)15-9-14(21-20-15)11-19-16(17-3)18-10-13-7-5-4-6-8-13;/h4-9,12H,10-11H2,1-3H3,(H2,17,18,19);1H. The topological polar surface area (TPSA) is 62.5 Å². The van der Waals surface area contributed by atoms with Crippen LogP contribution in [0.15, 0.2) is 45.9 Å². The number of benzene rings is 1. The average Bonchev–Trinajstić information content (AvgIpc) is 2.98. The summed E-state index contributed by atoms with van der Waals surface area (Å²) in [5.41, 5.74) is 2.18. The molecule has 0 atom stereocenters. The number of aliphatic imine (C=N–C) groups is 1. The van der Waals surface area contributed by atoms with Crippen molar-refractivity contribution in [2.45, 2.75) is 32.9 Å². The third kappa shape index (κ3) is 5.67. The number of guanidine groups is 1. The van der Waals surface area contributed by atoms with Crippen LogP contribution in [0.3, 0.4) is 0 Å². The molecule has 0 spiro atoms. The van der Waals surface area contributed by atoms with Crippen LogP contribution in [-0.2, 0) is 13.1 Å². The highest BCUT2D eigenvalue weighted by atomic mass is 127. The van der Waals surface area contributed by atoms with Gasteiger partial charge in [0.1, 0.15) is 0 Å². The van der Waals surface area contributed by atoms with Gasteiger partial charge in [-0.2, -0.15) is 0 Å². The number of halogens is 1. The van der Waals surface area contributed by atoms with E-state index in [4.69, 9.17) is 4.52 Å². The molecule has 0 saturated carbocycles. The molecular formula is C16H23IN4O. The summed E-state index contributed by atoms with van der Waals surface area (Å²) in [7, 11) is 1.75. The Balaban J connectivity index is 0.00000242. The molecule has 0 unspecified atom stereocenters. The second kappa shape index (κ2) is 9.45. The van der Waals surface area contributed by atoms with Gasteiger partial charge in [0.15, 0.2) is 11.7 Å². The van der Waals surface area contributed by atoms with Crippen molar-refractivity contribution in [3.63, 3.8) is 0 Å². The van der Waals surface area contributed by atoms with Crippen LogP contribution in [0.25, 0.3) is 0 Å². The van der Waals surface area contributed by atoms with E-state index in [1.807, 2.05) is 24.3 Å². The first kappa shape index (κ1) is 18.5. The van der Waals surface area contributed by atoms with Gasteiger partial charge >= 0.3 is 0 Å². The Labute approximate surface area is 148 Å². The Bertz CT molecular complexity index is 581. The summed E-state index contributed by atoms with van der Waals surface area (Å²) in [4.78, 5) is 4.19. The lowest BCUT2D eigenvalue weighted by Gasteiger charge is -2.10. The predicted octanol–water partition coefficient (Wildman–Crippen LogP) is 3.28. The minimum atomic E-state index is 0. The summed E-state index contributed by atoms with van der Waals surface area (Å²) in [6, 6.07) is 12.2. The van der Waals surface area contributed by atoms with Gasteiger partial charge in [0.2, 0.25) is 0 Å². The quantitative estimate of drug-likeness (QED) is 0.448. The monoisotopic (exact) mass is 414 g/mol. The summed E-state index contributed by atoms with van der Waals surface area (Å²) in [5.74, 6) is 1.92. The molecule has 0 radical (unpaired) electrons. The highest BCUT2D eigenvalue weighted by molar-refractivity contribution is 14.0. The first-order chi connectivity index (χ1) is 10.2. The Kier molecular flexibility index (Phi) is 7.94. The fraction of sp³-hybridized carbons (Fsp3) is 0.375. The largest absolute Gasteiger partial charge is 0.359 e. The molecule has 5 nitrogen and oxygen atoms in total. The van der Waals surface area contributed by atoms with Crippen molar-refractivity contribution in [1.29, 1.82) is 0 Å². The minimum absolute atomic E-state index is 0. The Morgan fingerprint density at radius 1 is 1.18 bits per heavy atom. The molecule has 0 saturated heterocycles. The maximum Gasteiger partial charge on any atom is 0.191 e. The third-order valence-corrected chi connectivity index (χ3v) is 3.13. The van der Waals surface area contributed by atoms with Crippen molar-refractivity contribution in [2.24, 2.45) is 4.99 Å². The van der Waals surface area contributed by atoms with E-state index in [0.29, 0.717) is 12.5 Å². The van der Waals surface area contributed by atoms with Gasteiger partial charge < -0.3 is 15.2 Å². The fourth-order valence-corrected chi connectivity index (χ4v) is 1.86. The molecule has 0 fully saturated rings. The maximum atomic E-state index is 5.29. The maximum absolute atomic E-state index is 5.29. The summed E-state index contributed by atoms with van der Waals surface area (Å²) < 4.78 is 5.29. The zero-order valence-corrected chi connectivity index (χ0v) is 15.5. The number of nitrogens with one attached hydrogen (secondary N) is 2. The number of hydrogen-bond acceptors (Lipinski definition) is 3. The summed E-state index contributed by atoms with van der Waals surface area (Å²) in [6.07, 6.45) is 0. The average molecular weight is 414 g/mol. The van der Waals surface area contributed by atoms with Crippen LogP contribution in [-0.4, -0.2) is 18.2 Å². The van der Waals surface area contributed by atoms with Crippen molar-refractivity contribution in [3.05, 3.63) is 53.4 Å². The molecule has 22 heavy (non-hydrogen) atoms. The zero-order valence-electron chi connectivity index (χ0n) is 13.2. The molecule has 0 aliphatic heterocycles. The molecule has 2 N–H and O–H groups in total. The molecule has 0 aliphatic carbocycles. The Morgan fingerprint density at radius 2 is 1.86 bits per heavy atom. The van der Waals surface area contributed by atoms with E-state index in [1.54, 1.807) is 7.05 Å². The number of nitrogens with zero attached hydrogens (tertiary/aromatic N) is 2. The van der Waals surface area contributed by atoms with E-state index >= 15 is 0 Å². The first-order valence-electron chi connectivity index (χ1n) is 7.13. The van der Waals surface area contributed by atoms with Crippen LogP contribution in [0.1, 0.15) is 36.8 Å². The fourth-order valence-electron chi connectivity index (χ4n) is 1.86. The van der Waals surface area contributed by atoms with Crippen LogP contribution in [0.5, 0.6) is 0 Å². The molecule has 120 valence electrons. The molecule has 0 amide bonds. The van der Waals surface area contributed by atoms with E-state index in [0.717, 1.165) is 24.0 Å². The van der Waals surface area contributed by atoms with E-state index in [2.05, 4.69) is 46.8 Å². The lowest BCUT2D eigenvalue weighted by atomic mass is 10.1. The Morgan fingerprint density at radius 3 is 2.45 bits per heavy atom. The van der Waals surface area contributed by atoms with Crippen LogP contribution in [0.4, 0.5) is 0 Å². The lowest BCUT2D eigenvalue weighted by molar-refractivity contribution is 0.372. The summed E-state index contributed by atoms with van der Waals surface area (Å²) in [5, 5.41) is 10.5. The van der Waals surface area contributed by atoms with Gasteiger partial charge in [-0.1, -0.05) is 49.3 Å². The van der Waals surface area contributed by atoms with Crippen molar-refractivity contribution < 1.29 is 4.52 Å². The minimum Gasteiger partial charge on any atom is -0.359 e. The highest BCUT2D eigenvalue weighted by Gasteiger charge is 2.08. The molecule has 0 aliphatic rings. The van der Waals surface area contributed by atoms with Gasteiger partial charge in [0.25, 0.3) is 0 Å². The van der Waals surface area contributed by atoms with Gasteiger partial charge in [-0.3, -0.25) is 4.99 Å². The molecule has 6 heteroatoms. The zero-order chi connectivity index (χ0) is 15.1. The third-order valence-electron chi connectivity index (χ3n) is 3.13. The van der Waals surface area contributed by atoms with Gasteiger partial charge in [0, 0.05) is 19.7 Å². The second-order valence-electron chi connectivity index (χ2n) is 5.14. The van der Waals surface area contributed by atoms with E-state index in [-0.39, 0.29) is 24.0 Å². The van der Waals surface area contributed by atoms with Crippen LogP contribution in [0, 0.1) is 0 Å². The van der Waals surface area contributed by atoms with Gasteiger partial charge in [-0.05, 0) is 11.5 Å². The smallest absolute Gasteiger partial charge is 0.191 e. The SMILES string of the molecule is CN=C(NCc1ccccc1)NCc1cc(C(C)C)no1.I. The molecule has 2 rings (SSSR count). The normalized spacial score (nSPS) is 11.2. The van der Waals surface area contributed by atoms with E-state index < -0.39 is 0 Å². The van der Waals surface area contributed by atoms with E-state index in [9.17, 15) is 0 Å². The number of aromatic nitrogens is 1. The van der Waals surface area contributed by atoms with Crippen molar-refractivity contribution in [2.75, 3.05) is 7.05 Å². The number of rotatable bonds is 5. The summed E-state index contributed by atoms with van der Waals surface area (Å²) in [6.45, 7) is 5.48. The van der Waals surface area contributed by atoms with Gasteiger partial charge in [-0.25, -0.2) is 0 Å². The van der Waals surface area contributed by atoms with Crippen LogP contribution < -0.4 is 10.6 Å². The molecular weight excluding hydrogens is 391 g/mol. The van der Waals surface area contributed by atoms with Crippen molar-refractivity contribution >= 4 is 29.9 Å². The van der Waals surface area contributed by atoms with E-state index in [1.165, 1.54) is 5.56 Å². The predicted molar refractivity (Wildman–Crippen MR) is 99.5 cm³/mol. The van der Waals surface area contributed by atoms with Gasteiger partial charge in [-0.15, -0.1) is 24.0 Å². The summed E-state index contributed by atoms with van der Waals surface area (Å²) >= 11 is 0. The highest BCUT2D eigenvalue weighted by Crippen LogP contribution is 2.13. The van der Waals surface area contributed by atoms with Crippen molar-refractivity contribution in [1.82, 2.24) is 15.8 Å². The second-order valence-corrected chi connectivity index (χ2v) is 5.14. The lowest BCUT2D eigenvalue weighted by Crippen LogP contribution is -2.36. The molecule has 1 aromatic carbocycles. The molecule has 1 heterocycles. The molecule has 1 aromatic heterocycles. The van der Waals surface area contributed by atoms with Crippen LogP contribution in [0.2, 0.25) is 0 Å².